The van der Waals surface area contributed by atoms with Crippen LogP contribution in [0.2, 0.25) is 16.6 Å². The van der Waals surface area contributed by atoms with Crippen LogP contribution >= 0.6 is 0 Å². The topological polar surface area (TPSA) is 35.2 Å². The van der Waals surface area contributed by atoms with Crippen LogP contribution in [0.25, 0.3) is 0 Å². The van der Waals surface area contributed by atoms with Crippen LogP contribution in [0.5, 0.6) is 0 Å². The summed E-state index contributed by atoms with van der Waals surface area (Å²) in [5, 5.41) is 0. The Morgan fingerprint density at radius 3 is 1.67 bits per heavy atom. The molecule has 0 bridgehead atoms. The first-order valence-corrected chi connectivity index (χ1v) is 9.38. The van der Waals surface area contributed by atoms with Crippen molar-refractivity contribution in [2.75, 3.05) is 0 Å². The predicted molar refractivity (Wildman–Crippen MR) is 84.4 cm³/mol. The molecule has 0 spiro atoms. The quantitative estimate of drug-likeness (QED) is 0.522. The van der Waals surface area contributed by atoms with Gasteiger partial charge in [0.2, 0.25) is 8.32 Å². The van der Waals surface area contributed by atoms with Crippen molar-refractivity contribution >= 4 is 8.32 Å². The number of rotatable bonds is 8. The average Bonchev–Trinajstić information content (AvgIpc) is 2.24. The van der Waals surface area contributed by atoms with Gasteiger partial charge < -0.3 is 10.2 Å². The molecular formula is C15H33NOSi. The lowest BCUT2D eigenvalue weighted by Gasteiger charge is -2.45. The van der Waals surface area contributed by atoms with E-state index in [0.29, 0.717) is 16.6 Å². The van der Waals surface area contributed by atoms with Gasteiger partial charge in [0.05, 0.1) is 6.10 Å². The molecule has 2 nitrogen and oxygen atoms in total. The van der Waals surface area contributed by atoms with Crippen molar-refractivity contribution in [1.29, 1.82) is 0 Å². The highest BCUT2D eigenvalue weighted by molar-refractivity contribution is 6.77. The monoisotopic (exact) mass is 271 g/mol. The van der Waals surface area contributed by atoms with Gasteiger partial charge in [-0.3, -0.25) is 0 Å². The standard InChI is InChI=1S/C15H33NOSi/c1-9-10-15(16)14(8)17-18(11(2)3,12(4)5)13(6)7/h9,11-15H,1,10,16H2,2-8H3/t14-,15+/m0/s1. The smallest absolute Gasteiger partial charge is 0.200 e. The van der Waals surface area contributed by atoms with Gasteiger partial charge in [0.15, 0.2) is 0 Å². The fraction of sp³-hybridized carbons (Fsp3) is 0.867. The predicted octanol–water partition coefficient (Wildman–Crippen LogP) is 4.47. The Morgan fingerprint density at radius 1 is 1.00 bits per heavy atom. The van der Waals surface area contributed by atoms with Gasteiger partial charge in [-0.05, 0) is 30.0 Å². The van der Waals surface area contributed by atoms with E-state index in [1.54, 1.807) is 0 Å². The van der Waals surface area contributed by atoms with E-state index in [1.165, 1.54) is 0 Å². The Hall–Kier alpha value is -0.123. The van der Waals surface area contributed by atoms with Crippen molar-refractivity contribution in [3.05, 3.63) is 12.7 Å². The van der Waals surface area contributed by atoms with Gasteiger partial charge in [0, 0.05) is 6.04 Å². The van der Waals surface area contributed by atoms with Crippen molar-refractivity contribution in [3.8, 4) is 0 Å². The van der Waals surface area contributed by atoms with Gasteiger partial charge in [-0.15, -0.1) is 6.58 Å². The molecule has 0 radical (unpaired) electrons. The molecule has 2 atom stereocenters. The Kier molecular flexibility index (Phi) is 7.41. The minimum Gasteiger partial charge on any atom is -0.412 e. The molecule has 0 aliphatic rings. The van der Waals surface area contributed by atoms with Crippen molar-refractivity contribution in [2.24, 2.45) is 5.73 Å². The van der Waals surface area contributed by atoms with Gasteiger partial charge in [-0.2, -0.15) is 0 Å². The molecule has 0 heterocycles. The molecule has 0 rings (SSSR count). The SMILES string of the molecule is C=CC[C@@H](N)[C@H](C)O[Si](C(C)C)(C(C)C)C(C)C. The molecule has 3 heteroatoms. The summed E-state index contributed by atoms with van der Waals surface area (Å²) in [7, 11) is -1.80. The van der Waals surface area contributed by atoms with Gasteiger partial charge in [0.1, 0.15) is 0 Å². The number of hydrogen-bond donors (Lipinski definition) is 1. The van der Waals surface area contributed by atoms with E-state index in [1.807, 2.05) is 6.08 Å². The van der Waals surface area contributed by atoms with Crippen LogP contribution in [0, 0.1) is 0 Å². The summed E-state index contributed by atoms with van der Waals surface area (Å²) in [6.07, 6.45) is 2.82. The summed E-state index contributed by atoms with van der Waals surface area (Å²) in [5.74, 6) is 0. The van der Waals surface area contributed by atoms with Gasteiger partial charge in [-0.25, -0.2) is 0 Å². The molecule has 2 N–H and O–H groups in total. The van der Waals surface area contributed by atoms with E-state index in [2.05, 4.69) is 55.0 Å². The normalized spacial score (nSPS) is 16.4. The van der Waals surface area contributed by atoms with E-state index in [4.69, 9.17) is 10.2 Å². The van der Waals surface area contributed by atoms with Gasteiger partial charge in [-0.1, -0.05) is 47.6 Å². The van der Waals surface area contributed by atoms with E-state index in [0.717, 1.165) is 6.42 Å². The van der Waals surface area contributed by atoms with Crippen LogP contribution in [0.3, 0.4) is 0 Å². The molecule has 0 aromatic heterocycles. The first-order chi connectivity index (χ1) is 8.20. The summed E-state index contributed by atoms with van der Waals surface area (Å²) in [4.78, 5) is 0. The summed E-state index contributed by atoms with van der Waals surface area (Å²) in [6, 6.07) is 0.0608. The van der Waals surface area contributed by atoms with Crippen molar-refractivity contribution < 1.29 is 4.43 Å². The third-order valence-corrected chi connectivity index (χ3v) is 10.3. The van der Waals surface area contributed by atoms with Crippen LogP contribution in [0.15, 0.2) is 12.7 Å². The Labute approximate surface area is 115 Å². The maximum Gasteiger partial charge on any atom is 0.200 e. The zero-order valence-corrected chi connectivity index (χ0v) is 14.4. The largest absolute Gasteiger partial charge is 0.412 e. The van der Waals surface area contributed by atoms with E-state index < -0.39 is 8.32 Å². The molecule has 0 aliphatic carbocycles. The Balaban J connectivity index is 5.05. The minimum absolute atomic E-state index is 0.0608. The summed E-state index contributed by atoms with van der Waals surface area (Å²) in [6.45, 7) is 19.7. The zero-order chi connectivity index (χ0) is 14.5. The van der Waals surface area contributed by atoms with Crippen molar-refractivity contribution in [3.63, 3.8) is 0 Å². The van der Waals surface area contributed by atoms with Crippen LogP contribution in [0.4, 0.5) is 0 Å². The lowest BCUT2D eigenvalue weighted by Crippen LogP contribution is -2.52. The molecule has 18 heavy (non-hydrogen) atoms. The van der Waals surface area contributed by atoms with Crippen LogP contribution in [-0.2, 0) is 4.43 Å². The van der Waals surface area contributed by atoms with Gasteiger partial charge in [0.25, 0.3) is 0 Å². The van der Waals surface area contributed by atoms with E-state index >= 15 is 0 Å². The second-order valence-electron chi connectivity index (χ2n) is 6.33. The third kappa shape index (κ3) is 3.94. The number of nitrogens with two attached hydrogens (primary N) is 1. The molecule has 0 aliphatic heterocycles. The summed E-state index contributed by atoms with van der Waals surface area (Å²) >= 11 is 0. The van der Waals surface area contributed by atoms with Crippen LogP contribution < -0.4 is 5.73 Å². The zero-order valence-electron chi connectivity index (χ0n) is 13.4. The molecule has 0 amide bonds. The highest BCUT2D eigenvalue weighted by Gasteiger charge is 2.46. The van der Waals surface area contributed by atoms with E-state index in [9.17, 15) is 0 Å². The van der Waals surface area contributed by atoms with Crippen LogP contribution in [-0.4, -0.2) is 20.5 Å². The Bertz CT molecular complexity index is 229. The molecule has 0 saturated heterocycles. The molecule has 0 aromatic carbocycles. The summed E-state index contributed by atoms with van der Waals surface area (Å²) in [5.41, 5.74) is 7.98. The number of hydrogen-bond acceptors (Lipinski definition) is 2. The lowest BCUT2D eigenvalue weighted by molar-refractivity contribution is 0.163. The van der Waals surface area contributed by atoms with Gasteiger partial charge >= 0.3 is 0 Å². The molecular weight excluding hydrogens is 238 g/mol. The highest BCUT2D eigenvalue weighted by atomic mass is 28.4. The molecule has 0 saturated carbocycles. The van der Waals surface area contributed by atoms with E-state index in [-0.39, 0.29) is 12.1 Å². The second kappa shape index (κ2) is 7.46. The lowest BCUT2D eigenvalue weighted by atomic mass is 10.1. The summed E-state index contributed by atoms with van der Waals surface area (Å²) < 4.78 is 6.60. The third-order valence-electron chi connectivity index (χ3n) is 4.14. The van der Waals surface area contributed by atoms with Crippen molar-refractivity contribution in [2.45, 2.75) is 83.7 Å². The second-order valence-corrected chi connectivity index (χ2v) is 11.7. The maximum atomic E-state index is 6.60. The fourth-order valence-corrected chi connectivity index (χ4v) is 8.84. The average molecular weight is 272 g/mol. The van der Waals surface area contributed by atoms with Crippen LogP contribution in [0.1, 0.15) is 54.9 Å². The molecule has 0 unspecified atom stereocenters. The minimum atomic E-state index is -1.80. The molecule has 0 fully saturated rings. The molecule has 0 aromatic rings. The maximum absolute atomic E-state index is 6.60. The Morgan fingerprint density at radius 2 is 1.39 bits per heavy atom. The highest BCUT2D eigenvalue weighted by Crippen LogP contribution is 2.43. The van der Waals surface area contributed by atoms with Crippen molar-refractivity contribution in [1.82, 2.24) is 0 Å². The first kappa shape index (κ1) is 17.9. The first-order valence-electron chi connectivity index (χ1n) is 7.24. The molecule has 108 valence electrons. The fourth-order valence-electron chi connectivity index (χ4n) is 3.20.